The van der Waals surface area contributed by atoms with Gasteiger partial charge in [0.25, 0.3) is 0 Å². The zero-order chi connectivity index (χ0) is 4.12. The number of hydrogen-bond donors (Lipinski definition) is 0. The molecular formula is C4Cl. The minimum absolute atomic E-state index is 1.77. The fourth-order valence-electron chi connectivity index (χ4n) is 0.0236. The molecule has 0 aliphatic heterocycles. The summed E-state index contributed by atoms with van der Waals surface area (Å²) < 4.78 is 0. The summed E-state index contributed by atoms with van der Waals surface area (Å²) in [6.07, 6.45) is 6.09. The van der Waals surface area contributed by atoms with Gasteiger partial charge in [0.15, 0.2) is 0 Å². The Hall–Kier alpha value is -0.590. The minimum Gasteiger partial charge on any atom is -0.0219 e. The molecule has 0 unspecified atom stereocenters. The fraction of sp³-hybridized carbons (Fsp3) is 0. The van der Waals surface area contributed by atoms with Gasteiger partial charge in [-0.05, 0) is 11.6 Å². The topological polar surface area (TPSA) is 0 Å². The molecule has 0 spiro atoms. The van der Waals surface area contributed by atoms with Crippen LogP contribution in [0.2, 0.25) is 0 Å². The van der Waals surface area contributed by atoms with E-state index in [2.05, 4.69) is 0 Å². The molecular weight excluding hydrogens is 83.5 g/mol. The second-order valence-electron chi connectivity index (χ2n) is 0.344. The van der Waals surface area contributed by atoms with Crippen LogP contribution in [-0.4, -0.2) is 0 Å². The average Bonchev–Trinajstić information content (AvgIpc) is 1.41. The third-order valence-corrected chi connectivity index (χ3v) is 0.204. The predicted octanol–water partition coefficient (Wildman–Crippen LogP) is 0.776. The van der Waals surface area contributed by atoms with Gasteiger partial charge in [-0.1, -0.05) is 0 Å². The Balaban J connectivity index is 3.30. The Morgan fingerprint density at radius 1 is 1.60 bits per heavy atom. The summed E-state index contributed by atoms with van der Waals surface area (Å²) in [6, 6.07) is 0. The van der Waals surface area contributed by atoms with Crippen LogP contribution in [0.5, 0.6) is 0 Å². The molecule has 0 rings (SSSR count). The van der Waals surface area contributed by atoms with Gasteiger partial charge >= 0.3 is 0 Å². The molecule has 0 saturated carbocycles. The van der Waals surface area contributed by atoms with Gasteiger partial charge in [-0.25, -0.2) is 0 Å². The maximum Gasteiger partial charge on any atom is 0.0184 e. The summed E-state index contributed by atoms with van der Waals surface area (Å²) >= 11 is 4.76. The molecule has 0 amide bonds. The largest absolute Gasteiger partial charge is 0.0219 e. The van der Waals surface area contributed by atoms with Gasteiger partial charge in [-0.15, -0.1) is 0 Å². The predicted molar refractivity (Wildman–Crippen MR) is 20.8 cm³/mol. The van der Waals surface area contributed by atoms with Crippen LogP contribution in [0.15, 0.2) is 0 Å². The molecule has 0 aromatic rings. The standard InChI is InChI=1S/C4Cl/c1-2-3-4-5. The first kappa shape index (κ1) is 4.41. The van der Waals surface area contributed by atoms with Crippen LogP contribution in [-0.2, 0) is 0 Å². The lowest BCUT2D eigenvalue weighted by Gasteiger charge is -1.38. The monoisotopic (exact) mass is 83.0 g/mol. The van der Waals surface area contributed by atoms with Crippen LogP contribution in [0.3, 0.4) is 0 Å². The van der Waals surface area contributed by atoms with E-state index in [1.54, 1.807) is 5.92 Å². The molecule has 1 heteroatoms. The van der Waals surface area contributed by atoms with Crippen molar-refractivity contribution in [2.75, 3.05) is 0 Å². The van der Waals surface area contributed by atoms with E-state index in [0.717, 1.165) is 0 Å². The Kier molecular flexibility index (Phi) is 3.01. The zero-order valence-electron chi connectivity index (χ0n) is 2.38. The quantitative estimate of drug-likeness (QED) is 0.380. The third-order valence-electron chi connectivity index (χ3n) is 0.110. The van der Waals surface area contributed by atoms with Gasteiger partial charge in [-0.2, -0.15) is 0 Å². The molecule has 0 aromatic carbocycles. The van der Waals surface area contributed by atoms with E-state index in [0.29, 0.717) is 0 Å². The van der Waals surface area contributed by atoms with Gasteiger partial charge in [0.2, 0.25) is 0 Å². The summed E-state index contributed by atoms with van der Waals surface area (Å²) in [5.41, 5.74) is 0. The van der Waals surface area contributed by atoms with Crippen molar-refractivity contribution >= 4 is 11.6 Å². The summed E-state index contributed by atoms with van der Waals surface area (Å²) in [6.45, 7) is 0. The van der Waals surface area contributed by atoms with E-state index in [-0.39, 0.29) is 0 Å². The first-order chi connectivity index (χ1) is 2.41. The first-order valence-electron chi connectivity index (χ1n) is 0.939. The van der Waals surface area contributed by atoms with Crippen LogP contribution in [0.1, 0.15) is 0 Å². The van der Waals surface area contributed by atoms with Crippen molar-refractivity contribution in [1.29, 1.82) is 0 Å². The van der Waals surface area contributed by atoms with Crippen LogP contribution in [0.4, 0.5) is 0 Å². The van der Waals surface area contributed by atoms with Crippen molar-refractivity contribution < 1.29 is 0 Å². The molecule has 0 N–H and O–H groups in total. The Bertz CT molecular complexity index is 97.0. The van der Waals surface area contributed by atoms with Crippen molar-refractivity contribution in [3.63, 3.8) is 0 Å². The van der Waals surface area contributed by atoms with E-state index in [9.17, 15) is 0 Å². The van der Waals surface area contributed by atoms with E-state index in [1.807, 2.05) is 11.3 Å². The van der Waals surface area contributed by atoms with Gasteiger partial charge < -0.3 is 0 Å². The van der Waals surface area contributed by atoms with Crippen LogP contribution in [0.25, 0.3) is 0 Å². The number of hydrogen-bond acceptors (Lipinski definition) is 0. The number of rotatable bonds is 0. The van der Waals surface area contributed by atoms with E-state index >= 15 is 0 Å². The highest BCUT2D eigenvalue weighted by Crippen LogP contribution is 1.56. The molecule has 0 fully saturated rings. The maximum absolute atomic E-state index is 6.09. The fourth-order valence-corrected chi connectivity index (χ4v) is 0.0709. The molecule has 5 heavy (non-hydrogen) atoms. The molecule has 0 nitrogen and oxygen atoms in total. The second kappa shape index (κ2) is 3.41. The van der Waals surface area contributed by atoms with E-state index in [4.69, 9.17) is 18.0 Å². The van der Waals surface area contributed by atoms with Crippen molar-refractivity contribution in [3.05, 3.63) is 6.42 Å². The van der Waals surface area contributed by atoms with Crippen LogP contribution >= 0.6 is 11.6 Å². The normalized spacial score (nSPS) is 3.20. The summed E-state index contributed by atoms with van der Waals surface area (Å²) in [5, 5.41) is 1.94. The van der Waals surface area contributed by atoms with Crippen LogP contribution < -0.4 is 0 Å². The lowest BCUT2D eigenvalue weighted by molar-refractivity contribution is 2.51. The molecule has 0 aliphatic carbocycles. The molecule has 23 valence electrons. The Morgan fingerprint density at radius 2 is 2.20 bits per heavy atom. The molecule has 0 bridgehead atoms. The lowest BCUT2D eigenvalue weighted by atomic mass is 10.7. The molecule has 1 radical (unpaired) electrons. The van der Waals surface area contributed by atoms with Gasteiger partial charge in [0.05, 0.1) is 0 Å². The van der Waals surface area contributed by atoms with Gasteiger partial charge in [0, 0.05) is 23.6 Å². The molecule has 0 heterocycles. The smallest absolute Gasteiger partial charge is 0.0184 e. The maximum atomic E-state index is 6.09. The zero-order valence-corrected chi connectivity index (χ0v) is 3.13. The van der Waals surface area contributed by atoms with E-state index < -0.39 is 0 Å². The minimum atomic E-state index is 1.77. The SMILES string of the molecule is [C]#CC#CCl. The summed E-state index contributed by atoms with van der Waals surface area (Å²) in [5.74, 6) is 3.82. The Labute approximate surface area is 36.1 Å². The third kappa shape index (κ3) is 3.41. The average molecular weight is 83.5 g/mol. The van der Waals surface area contributed by atoms with Crippen molar-refractivity contribution in [3.8, 4) is 17.2 Å². The van der Waals surface area contributed by atoms with Crippen molar-refractivity contribution in [1.82, 2.24) is 0 Å². The van der Waals surface area contributed by atoms with Crippen molar-refractivity contribution in [2.45, 2.75) is 0 Å². The highest BCUT2D eigenvalue weighted by Gasteiger charge is 1.39. The molecule has 0 saturated heterocycles. The van der Waals surface area contributed by atoms with E-state index in [1.165, 1.54) is 0 Å². The second-order valence-corrected chi connectivity index (χ2v) is 0.533. The van der Waals surface area contributed by atoms with Gasteiger partial charge in [-0.3, -0.25) is 0 Å². The summed E-state index contributed by atoms with van der Waals surface area (Å²) in [7, 11) is 0. The Morgan fingerprint density at radius 3 is 2.20 bits per heavy atom. The lowest BCUT2D eigenvalue weighted by Crippen LogP contribution is -1.32. The highest BCUT2D eigenvalue weighted by molar-refractivity contribution is 6.30. The summed E-state index contributed by atoms with van der Waals surface area (Å²) in [4.78, 5) is 0. The highest BCUT2D eigenvalue weighted by atomic mass is 35.5. The van der Waals surface area contributed by atoms with Gasteiger partial charge in [0.1, 0.15) is 0 Å². The van der Waals surface area contributed by atoms with Crippen molar-refractivity contribution in [2.24, 2.45) is 0 Å². The molecule has 0 atom stereocenters. The molecule has 0 aromatic heterocycles. The first-order valence-corrected chi connectivity index (χ1v) is 1.32. The van der Waals surface area contributed by atoms with Crippen LogP contribution in [0, 0.1) is 23.6 Å². The number of halogens is 1. The molecule has 0 aliphatic rings.